The predicted molar refractivity (Wildman–Crippen MR) is 57.3 cm³/mol. The molecule has 0 aliphatic heterocycles. The number of nitrogen functional groups attached to an aromatic ring is 1. The molecule has 2 N–H and O–H groups in total. The molecule has 5 nitrogen and oxygen atoms in total. The molecule has 0 saturated heterocycles. The van der Waals surface area contributed by atoms with Gasteiger partial charge in [-0.2, -0.15) is 0 Å². The normalized spacial score (nSPS) is 10.4. The molecule has 0 saturated carbocycles. The molecule has 0 atom stereocenters. The van der Waals surface area contributed by atoms with E-state index in [9.17, 15) is 4.39 Å². The zero-order chi connectivity index (χ0) is 11.5. The predicted octanol–water partition coefficient (Wildman–Crippen LogP) is 1.45. The van der Waals surface area contributed by atoms with Crippen LogP contribution in [0.3, 0.4) is 0 Å². The Morgan fingerprint density at radius 1 is 1.31 bits per heavy atom. The first-order valence-electron chi connectivity index (χ1n) is 4.40. The Bertz CT molecular complexity index is 519. The van der Waals surface area contributed by atoms with Crippen molar-refractivity contribution in [1.29, 1.82) is 0 Å². The maximum Gasteiger partial charge on any atom is 0.221 e. The van der Waals surface area contributed by atoms with E-state index in [1.54, 1.807) is 12.3 Å². The van der Waals surface area contributed by atoms with E-state index in [1.165, 1.54) is 0 Å². The number of anilines is 1. The summed E-state index contributed by atoms with van der Waals surface area (Å²) in [5.41, 5.74) is 6.17. The van der Waals surface area contributed by atoms with E-state index < -0.39 is 5.82 Å². The van der Waals surface area contributed by atoms with Crippen LogP contribution in [0.5, 0.6) is 0 Å². The standard InChI is InChI=1S/C9H8FN5S/c1-5-2-3-12-9(14-5)16-7-6(10)4-13-8(11)15-7/h2-4H,1H3,(H2,11,13,15). The van der Waals surface area contributed by atoms with Crippen LogP contribution < -0.4 is 5.73 Å². The number of rotatable bonds is 2. The third kappa shape index (κ3) is 2.43. The Kier molecular flexibility index (Phi) is 2.95. The molecule has 0 fully saturated rings. The van der Waals surface area contributed by atoms with Gasteiger partial charge in [-0.3, -0.25) is 0 Å². The van der Waals surface area contributed by atoms with Crippen molar-refractivity contribution in [3.05, 3.63) is 30.0 Å². The molecule has 0 aliphatic carbocycles. The molecule has 2 aromatic rings. The van der Waals surface area contributed by atoms with Gasteiger partial charge in [-0.25, -0.2) is 24.3 Å². The van der Waals surface area contributed by atoms with Crippen LogP contribution in [0.4, 0.5) is 10.3 Å². The molecule has 2 heterocycles. The highest BCUT2D eigenvalue weighted by atomic mass is 32.2. The topological polar surface area (TPSA) is 77.6 Å². The molecule has 0 unspecified atom stereocenters. The van der Waals surface area contributed by atoms with E-state index in [0.29, 0.717) is 5.16 Å². The number of nitrogens with two attached hydrogens (primary N) is 1. The van der Waals surface area contributed by atoms with Gasteiger partial charge in [-0.15, -0.1) is 0 Å². The first-order valence-corrected chi connectivity index (χ1v) is 5.22. The summed E-state index contributed by atoms with van der Waals surface area (Å²) in [7, 11) is 0. The molecule has 0 aromatic carbocycles. The van der Waals surface area contributed by atoms with Crippen LogP contribution in [0.15, 0.2) is 28.6 Å². The Morgan fingerprint density at radius 2 is 2.12 bits per heavy atom. The van der Waals surface area contributed by atoms with Gasteiger partial charge < -0.3 is 5.73 Å². The summed E-state index contributed by atoms with van der Waals surface area (Å²) in [5.74, 6) is -0.513. The number of hydrogen-bond donors (Lipinski definition) is 1. The second-order valence-electron chi connectivity index (χ2n) is 2.96. The molecule has 2 rings (SSSR count). The van der Waals surface area contributed by atoms with Crippen LogP contribution in [0, 0.1) is 12.7 Å². The maximum atomic E-state index is 13.3. The van der Waals surface area contributed by atoms with E-state index in [1.807, 2.05) is 6.92 Å². The van der Waals surface area contributed by atoms with Crippen LogP contribution in [0.25, 0.3) is 0 Å². The lowest BCUT2D eigenvalue weighted by Crippen LogP contribution is -1.98. The minimum atomic E-state index is -0.538. The van der Waals surface area contributed by atoms with Gasteiger partial charge >= 0.3 is 0 Å². The SMILES string of the molecule is Cc1ccnc(Sc2nc(N)ncc2F)n1. The van der Waals surface area contributed by atoms with Crippen molar-refractivity contribution in [2.24, 2.45) is 0 Å². The van der Waals surface area contributed by atoms with Crippen molar-refractivity contribution in [2.75, 3.05) is 5.73 Å². The van der Waals surface area contributed by atoms with Gasteiger partial charge in [0.25, 0.3) is 0 Å². The van der Waals surface area contributed by atoms with E-state index in [2.05, 4.69) is 19.9 Å². The van der Waals surface area contributed by atoms with Crippen molar-refractivity contribution < 1.29 is 4.39 Å². The van der Waals surface area contributed by atoms with E-state index in [4.69, 9.17) is 5.73 Å². The number of aryl methyl sites for hydroxylation is 1. The number of aromatic nitrogens is 4. The lowest BCUT2D eigenvalue weighted by molar-refractivity contribution is 0.580. The second-order valence-corrected chi connectivity index (χ2v) is 3.92. The fraction of sp³-hybridized carbons (Fsp3) is 0.111. The average Bonchev–Trinajstić information content (AvgIpc) is 2.24. The van der Waals surface area contributed by atoms with E-state index >= 15 is 0 Å². The van der Waals surface area contributed by atoms with Gasteiger partial charge in [0, 0.05) is 11.9 Å². The Balaban J connectivity index is 2.30. The van der Waals surface area contributed by atoms with Crippen molar-refractivity contribution in [3.63, 3.8) is 0 Å². The highest BCUT2D eigenvalue weighted by molar-refractivity contribution is 7.99. The molecule has 0 aliphatic rings. The van der Waals surface area contributed by atoms with Crippen molar-refractivity contribution in [1.82, 2.24) is 19.9 Å². The molecular weight excluding hydrogens is 229 g/mol. The summed E-state index contributed by atoms with van der Waals surface area (Å²) in [6.45, 7) is 1.83. The zero-order valence-corrected chi connectivity index (χ0v) is 9.20. The first-order chi connectivity index (χ1) is 7.65. The van der Waals surface area contributed by atoms with E-state index in [-0.39, 0.29) is 11.0 Å². The third-order valence-corrected chi connectivity index (χ3v) is 2.55. The lowest BCUT2D eigenvalue weighted by Gasteiger charge is -2.01. The van der Waals surface area contributed by atoms with Gasteiger partial charge in [0.2, 0.25) is 5.95 Å². The smallest absolute Gasteiger partial charge is 0.221 e. The lowest BCUT2D eigenvalue weighted by atomic mass is 10.5. The van der Waals surface area contributed by atoms with Gasteiger partial charge in [0.1, 0.15) is 5.03 Å². The number of halogens is 1. The summed E-state index contributed by atoms with van der Waals surface area (Å²) in [4.78, 5) is 15.4. The van der Waals surface area contributed by atoms with Crippen LogP contribution in [0.2, 0.25) is 0 Å². The highest BCUT2D eigenvalue weighted by Gasteiger charge is 2.09. The van der Waals surface area contributed by atoms with Gasteiger partial charge in [-0.05, 0) is 24.8 Å². The molecule has 16 heavy (non-hydrogen) atoms. The fourth-order valence-electron chi connectivity index (χ4n) is 0.997. The quantitative estimate of drug-likeness (QED) is 0.629. The van der Waals surface area contributed by atoms with Gasteiger partial charge in [-0.1, -0.05) is 0 Å². The van der Waals surface area contributed by atoms with Crippen LogP contribution >= 0.6 is 11.8 Å². The van der Waals surface area contributed by atoms with Crippen molar-refractivity contribution in [2.45, 2.75) is 17.1 Å². The second kappa shape index (κ2) is 4.40. The fourth-order valence-corrected chi connectivity index (χ4v) is 1.76. The van der Waals surface area contributed by atoms with E-state index in [0.717, 1.165) is 23.7 Å². The van der Waals surface area contributed by atoms with Crippen molar-refractivity contribution >= 4 is 17.7 Å². The Labute approximate surface area is 95.4 Å². The van der Waals surface area contributed by atoms with Crippen LogP contribution in [-0.2, 0) is 0 Å². The maximum absolute atomic E-state index is 13.3. The third-order valence-electron chi connectivity index (χ3n) is 1.69. The molecular formula is C9H8FN5S. The molecule has 0 amide bonds. The Hall–Kier alpha value is -1.76. The van der Waals surface area contributed by atoms with Gasteiger partial charge in [0.05, 0.1) is 6.20 Å². The summed E-state index contributed by atoms with van der Waals surface area (Å²) < 4.78 is 13.3. The van der Waals surface area contributed by atoms with Gasteiger partial charge in [0.15, 0.2) is 11.0 Å². The minimum absolute atomic E-state index is 0.0246. The molecule has 0 spiro atoms. The largest absolute Gasteiger partial charge is 0.368 e. The Morgan fingerprint density at radius 3 is 2.88 bits per heavy atom. The summed E-state index contributed by atoms with van der Waals surface area (Å²) in [6.07, 6.45) is 2.63. The number of hydrogen-bond acceptors (Lipinski definition) is 6. The average molecular weight is 237 g/mol. The van der Waals surface area contributed by atoms with Crippen LogP contribution in [0.1, 0.15) is 5.69 Å². The molecule has 2 aromatic heterocycles. The molecule has 0 radical (unpaired) electrons. The summed E-state index contributed by atoms with van der Waals surface area (Å²) >= 11 is 1.01. The van der Waals surface area contributed by atoms with Crippen LogP contribution in [-0.4, -0.2) is 19.9 Å². The molecule has 82 valence electrons. The summed E-state index contributed by atoms with van der Waals surface area (Å²) in [5, 5.41) is 0.551. The summed E-state index contributed by atoms with van der Waals surface area (Å²) in [6, 6.07) is 1.76. The molecule has 7 heteroatoms. The van der Waals surface area contributed by atoms with Crippen molar-refractivity contribution in [3.8, 4) is 0 Å². The molecule has 0 bridgehead atoms. The monoisotopic (exact) mass is 237 g/mol. The zero-order valence-electron chi connectivity index (χ0n) is 8.38. The highest BCUT2D eigenvalue weighted by Crippen LogP contribution is 2.24. The number of nitrogens with zero attached hydrogens (tertiary/aromatic N) is 4. The minimum Gasteiger partial charge on any atom is -0.368 e. The first kappa shape index (κ1) is 10.7.